The van der Waals surface area contributed by atoms with Crippen molar-refractivity contribution in [3.05, 3.63) is 71.2 Å². The third kappa shape index (κ3) is 3.41. The maximum absolute atomic E-state index is 13.0. The Kier molecular flexibility index (Phi) is 4.53. The van der Waals surface area contributed by atoms with E-state index in [1.165, 1.54) is 19.2 Å². The molecule has 0 saturated heterocycles. The first-order valence-electron chi connectivity index (χ1n) is 7.07. The van der Waals surface area contributed by atoms with Gasteiger partial charge in [0.1, 0.15) is 17.3 Å². The number of ether oxygens (including phenoxy) is 1. The minimum Gasteiger partial charge on any atom is -0.495 e. The van der Waals surface area contributed by atoms with Gasteiger partial charge in [0.25, 0.3) is 5.91 Å². The van der Waals surface area contributed by atoms with Gasteiger partial charge in [-0.1, -0.05) is 11.6 Å². The summed E-state index contributed by atoms with van der Waals surface area (Å²) in [6.45, 7) is 0. The average molecular weight is 346 g/mol. The lowest BCUT2D eigenvalue weighted by atomic mass is 10.2. The number of halogens is 2. The normalized spacial score (nSPS) is 10.5. The number of carbonyl (C=O) groups excluding carboxylic acids is 1. The fourth-order valence-corrected chi connectivity index (χ4v) is 2.42. The highest BCUT2D eigenvalue weighted by atomic mass is 35.5. The summed E-state index contributed by atoms with van der Waals surface area (Å²) in [5, 5.41) is 3.08. The molecule has 6 heteroatoms. The zero-order valence-electron chi connectivity index (χ0n) is 12.7. The van der Waals surface area contributed by atoms with Crippen LogP contribution in [0, 0.1) is 5.82 Å². The number of anilines is 1. The van der Waals surface area contributed by atoms with E-state index in [1.54, 1.807) is 42.5 Å². The van der Waals surface area contributed by atoms with E-state index in [-0.39, 0.29) is 11.6 Å². The van der Waals surface area contributed by atoms with Crippen LogP contribution in [0.5, 0.6) is 5.75 Å². The third-order valence-corrected chi connectivity index (χ3v) is 3.66. The molecule has 0 aliphatic carbocycles. The Morgan fingerprint density at radius 2 is 1.88 bits per heavy atom. The number of hydrogen-bond donors (Lipinski definition) is 1. The fourth-order valence-electron chi connectivity index (χ4n) is 2.17. The number of hydrogen-bond acceptors (Lipinski definition) is 3. The Hall–Kier alpha value is -2.79. The summed E-state index contributed by atoms with van der Waals surface area (Å²) in [5.41, 5.74) is 1.20. The molecule has 0 radical (unpaired) electrons. The Bertz CT molecular complexity index is 874. The lowest BCUT2D eigenvalue weighted by Crippen LogP contribution is -2.10. The van der Waals surface area contributed by atoms with Gasteiger partial charge < -0.3 is 14.5 Å². The van der Waals surface area contributed by atoms with E-state index in [0.29, 0.717) is 27.8 Å². The van der Waals surface area contributed by atoms with E-state index in [0.717, 1.165) is 0 Å². The molecule has 2 aromatic carbocycles. The molecule has 0 bridgehead atoms. The number of amides is 1. The van der Waals surface area contributed by atoms with Gasteiger partial charge in [-0.25, -0.2) is 4.39 Å². The lowest BCUT2D eigenvalue weighted by Gasteiger charge is -2.07. The number of rotatable bonds is 4. The molecule has 0 atom stereocenters. The van der Waals surface area contributed by atoms with Gasteiger partial charge in [-0.15, -0.1) is 0 Å². The molecule has 1 aromatic heterocycles. The minimum absolute atomic E-state index is 0.140. The molecule has 122 valence electrons. The van der Waals surface area contributed by atoms with Crippen LogP contribution in [0.1, 0.15) is 10.6 Å². The number of benzene rings is 2. The predicted octanol–water partition coefficient (Wildman–Crippen LogP) is 5.00. The summed E-state index contributed by atoms with van der Waals surface area (Å²) in [6, 6.07) is 14.0. The van der Waals surface area contributed by atoms with Crippen molar-refractivity contribution in [3.8, 4) is 17.1 Å². The molecule has 0 spiro atoms. The van der Waals surface area contributed by atoms with Crippen molar-refractivity contribution in [1.29, 1.82) is 0 Å². The van der Waals surface area contributed by atoms with E-state index >= 15 is 0 Å². The van der Waals surface area contributed by atoms with Gasteiger partial charge in [0.05, 0.1) is 12.1 Å². The van der Waals surface area contributed by atoms with Crippen LogP contribution in [0.4, 0.5) is 10.1 Å². The monoisotopic (exact) mass is 345 g/mol. The largest absolute Gasteiger partial charge is 0.495 e. The van der Waals surface area contributed by atoms with Crippen molar-refractivity contribution < 1.29 is 18.3 Å². The van der Waals surface area contributed by atoms with Crippen molar-refractivity contribution in [2.45, 2.75) is 0 Å². The zero-order valence-corrected chi connectivity index (χ0v) is 13.4. The second-order valence-electron chi connectivity index (χ2n) is 4.97. The predicted molar refractivity (Wildman–Crippen MR) is 90.1 cm³/mol. The smallest absolute Gasteiger partial charge is 0.291 e. The van der Waals surface area contributed by atoms with Crippen molar-refractivity contribution in [3.63, 3.8) is 0 Å². The van der Waals surface area contributed by atoms with Crippen molar-refractivity contribution in [2.75, 3.05) is 12.4 Å². The molecule has 1 N–H and O–H groups in total. The maximum Gasteiger partial charge on any atom is 0.291 e. The van der Waals surface area contributed by atoms with Gasteiger partial charge in [-0.3, -0.25) is 4.79 Å². The van der Waals surface area contributed by atoms with Crippen molar-refractivity contribution >= 4 is 23.2 Å². The number of carbonyl (C=O) groups is 1. The van der Waals surface area contributed by atoms with E-state index in [1.807, 2.05) is 0 Å². The Balaban J connectivity index is 1.76. The van der Waals surface area contributed by atoms with Gasteiger partial charge in [0.2, 0.25) is 0 Å². The topological polar surface area (TPSA) is 51.5 Å². The number of nitrogens with one attached hydrogen (secondary N) is 1. The molecule has 3 rings (SSSR count). The van der Waals surface area contributed by atoms with Crippen LogP contribution in [-0.2, 0) is 0 Å². The highest BCUT2D eigenvalue weighted by Gasteiger charge is 2.13. The summed E-state index contributed by atoms with van der Waals surface area (Å²) >= 11 is 6.03. The molecular formula is C18H13ClFNO3. The summed E-state index contributed by atoms with van der Waals surface area (Å²) in [4.78, 5) is 12.2. The first kappa shape index (κ1) is 16.1. The molecule has 1 amide bonds. The molecule has 0 unspecified atom stereocenters. The van der Waals surface area contributed by atoms with Crippen LogP contribution in [-0.4, -0.2) is 13.0 Å². The third-order valence-electron chi connectivity index (χ3n) is 3.37. The zero-order chi connectivity index (χ0) is 17.1. The summed E-state index contributed by atoms with van der Waals surface area (Å²) < 4.78 is 23.5. The molecule has 3 aromatic rings. The van der Waals surface area contributed by atoms with E-state index < -0.39 is 5.91 Å². The van der Waals surface area contributed by atoms with E-state index in [4.69, 9.17) is 20.8 Å². The SMILES string of the molecule is COc1ccc(NC(=O)c2ccc(-c3ccc(F)cc3)o2)cc1Cl. The quantitative estimate of drug-likeness (QED) is 0.724. The molecule has 24 heavy (non-hydrogen) atoms. The molecule has 0 fully saturated rings. The van der Waals surface area contributed by atoms with Gasteiger partial charge in [0.15, 0.2) is 5.76 Å². The van der Waals surface area contributed by atoms with E-state index in [2.05, 4.69) is 5.32 Å². The minimum atomic E-state index is -0.412. The second-order valence-corrected chi connectivity index (χ2v) is 5.38. The van der Waals surface area contributed by atoms with Gasteiger partial charge in [-0.2, -0.15) is 0 Å². The molecule has 0 aliphatic heterocycles. The summed E-state index contributed by atoms with van der Waals surface area (Å²) in [5.74, 6) is 0.393. The van der Waals surface area contributed by atoms with Crippen molar-refractivity contribution in [2.24, 2.45) is 0 Å². The Morgan fingerprint density at radius 1 is 1.12 bits per heavy atom. The first-order valence-corrected chi connectivity index (χ1v) is 7.45. The fraction of sp³-hybridized carbons (Fsp3) is 0.0556. The number of furan rings is 1. The second kappa shape index (κ2) is 6.76. The molecule has 0 saturated carbocycles. The van der Waals surface area contributed by atoms with Crippen LogP contribution < -0.4 is 10.1 Å². The Morgan fingerprint density at radius 3 is 2.54 bits per heavy atom. The lowest BCUT2D eigenvalue weighted by molar-refractivity contribution is 0.0997. The molecule has 1 heterocycles. The number of methoxy groups -OCH3 is 1. The summed E-state index contributed by atoms with van der Waals surface area (Å²) in [6.07, 6.45) is 0. The molecule has 0 aliphatic rings. The average Bonchev–Trinajstić information content (AvgIpc) is 3.06. The highest BCUT2D eigenvalue weighted by Crippen LogP contribution is 2.28. The van der Waals surface area contributed by atoms with Gasteiger partial charge in [-0.05, 0) is 54.6 Å². The van der Waals surface area contributed by atoms with Gasteiger partial charge in [0, 0.05) is 11.3 Å². The van der Waals surface area contributed by atoms with Crippen LogP contribution in [0.2, 0.25) is 5.02 Å². The molecule has 4 nitrogen and oxygen atoms in total. The summed E-state index contributed by atoms with van der Waals surface area (Å²) in [7, 11) is 1.51. The molecular weight excluding hydrogens is 333 g/mol. The van der Waals surface area contributed by atoms with Crippen LogP contribution in [0.3, 0.4) is 0 Å². The van der Waals surface area contributed by atoms with Gasteiger partial charge >= 0.3 is 0 Å². The van der Waals surface area contributed by atoms with E-state index in [9.17, 15) is 9.18 Å². The van der Waals surface area contributed by atoms with Crippen LogP contribution in [0.25, 0.3) is 11.3 Å². The van der Waals surface area contributed by atoms with Crippen molar-refractivity contribution in [1.82, 2.24) is 0 Å². The highest BCUT2D eigenvalue weighted by molar-refractivity contribution is 6.32. The maximum atomic E-state index is 13.0. The van der Waals surface area contributed by atoms with Crippen LogP contribution >= 0.6 is 11.6 Å². The first-order chi connectivity index (χ1) is 11.6. The van der Waals surface area contributed by atoms with Crippen LogP contribution in [0.15, 0.2) is 59.0 Å². The standard InChI is InChI=1S/C18H13ClFNO3/c1-23-16-7-6-13(10-14(16)19)21-18(22)17-9-8-15(24-17)11-2-4-12(20)5-3-11/h2-10H,1H3,(H,21,22). The Labute approximate surface area is 142 Å².